The molecule has 2 N–H and O–H groups in total. The van der Waals surface area contributed by atoms with E-state index in [0.29, 0.717) is 12.2 Å². The van der Waals surface area contributed by atoms with Crippen LogP contribution in [0.2, 0.25) is 0 Å². The third kappa shape index (κ3) is 5.34. The van der Waals surface area contributed by atoms with E-state index in [1.165, 1.54) is 0 Å². The van der Waals surface area contributed by atoms with Crippen molar-refractivity contribution in [3.05, 3.63) is 64.7 Å². The predicted octanol–water partition coefficient (Wildman–Crippen LogP) is 4.04. The summed E-state index contributed by atoms with van der Waals surface area (Å²) in [5.74, 6) is -0.530. The van der Waals surface area contributed by atoms with Crippen LogP contribution in [0.1, 0.15) is 52.9 Å². The van der Waals surface area contributed by atoms with E-state index in [1.54, 1.807) is 30.3 Å². The first kappa shape index (κ1) is 19.5. The van der Waals surface area contributed by atoms with Crippen LogP contribution in [0.5, 0.6) is 5.75 Å². The van der Waals surface area contributed by atoms with Crippen LogP contribution in [0.3, 0.4) is 0 Å². The van der Waals surface area contributed by atoms with Gasteiger partial charge in [0.25, 0.3) is 5.91 Å². The van der Waals surface area contributed by atoms with Crippen LogP contribution in [0.15, 0.2) is 42.5 Å². The molecule has 2 aromatic carbocycles. The molecule has 0 aromatic heterocycles. The lowest BCUT2D eigenvalue weighted by Gasteiger charge is -2.18. The normalized spacial score (nSPS) is 11.7. The molecule has 5 heteroatoms. The van der Waals surface area contributed by atoms with Gasteiger partial charge in [-0.3, -0.25) is 9.59 Å². The number of ether oxygens (including phenoxy) is 1. The molecule has 0 spiro atoms. The summed E-state index contributed by atoms with van der Waals surface area (Å²) in [6.07, 6.45) is 0.723. The first-order valence-corrected chi connectivity index (χ1v) is 8.73. The molecule has 5 nitrogen and oxygen atoms in total. The molecule has 0 aliphatic heterocycles. The Kier molecular flexibility index (Phi) is 6.78. The number of carboxylic acid groups (broad SMARTS) is 1. The zero-order chi connectivity index (χ0) is 19.1. The van der Waals surface area contributed by atoms with Crippen LogP contribution >= 0.6 is 0 Å². The summed E-state index contributed by atoms with van der Waals surface area (Å²) in [6.45, 7) is 6.57. The van der Waals surface area contributed by atoms with E-state index in [0.717, 1.165) is 28.9 Å². The first-order chi connectivity index (χ1) is 12.4. The summed E-state index contributed by atoms with van der Waals surface area (Å²) in [7, 11) is 0. The highest BCUT2D eigenvalue weighted by molar-refractivity contribution is 5.95. The Labute approximate surface area is 154 Å². The van der Waals surface area contributed by atoms with Crippen LogP contribution in [-0.2, 0) is 4.79 Å². The van der Waals surface area contributed by atoms with Gasteiger partial charge in [0.1, 0.15) is 5.75 Å². The number of aliphatic carboxylic acids is 1. The van der Waals surface area contributed by atoms with Crippen molar-refractivity contribution in [2.75, 3.05) is 6.61 Å². The van der Waals surface area contributed by atoms with Crippen molar-refractivity contribution in [1.29, 1.82) is 0 Å². The lowest BCUT2D eigenvalue weighted by molar-refractivity contribution is -0.137. The van der Waals surface area contributed by atoms with Gasteiger partial charge in [-0.05, 0) is 61.2 Å². The molecule has 0 radical (unpaired) electrons. The van der Waals surface area contributed by atoms with E-state index in [2.05, 4.69) is 5.32 Å². The van der Waals surface area contributed by atoms with Gasteiger partial charge < -0.3 is 15.2 Å². The molecule has 0 saturated carbocycles. The third-order valence-corrected chi connectivity index (χ3v) is 4.21. The lowest BCUT2D eigenvalue weighted by Crippen LogP contribution is -2.30. The number of carbonyl (C=O) groups excluding carboxylic acids is 1. The highest BCUT2D eigenvalue weighted by Crippen LogP contribution is 2.22. The summed E-state index contributed by atoms with van der Waals surface area (Å²) >= 11 is 0. The van der Waals surface area contributed by atoms with E-state index in [9.17, 15) is 14.7 Å². The fourth-order valence-electron chi connectivity index (χ4n) is 2.57. The molecule has 0 fully saturated rings. The highest BCUT2D eigenvalue weighted by atomic mass is 16.5. The summed E-state index contributed by atoms with van der Waals surface area (Å²) < 4.78 is 5.54. The second-order valence-corrected chi connectivity index (χ2v) is 6.34. The van der Waals surface area contributed by atoms with Gasteiger partial charge in [-0.25, -0.2) is 0 Å². The molecule has 2 aromatic rings. The minimum atomic E-state index is -0.971. The first-order valence-electron chi connectivity index (χ1n) is 8.73. The maximum atomic E-state index is 12.6. The fourth-order valence-corrected chi connectivity index (χ4v) is 2.57. The number of amides is 1. The van der Waals surface area contributed by atoms with Crippen molar-refractivity contribution >= 4 is 11.9 Å². The number of benzene rings is 2. The van der Waals surface area contributed by atoms with Crippen molar-refractivity contribution in [2.45, 2.75) is 39.7 Å². The van der Waals surface area contributed by atoms with Gasteiger partial charge in [0, 0.05) is 5.56 Å². The maximum absolute atomic E-state index is 12.6. The quantitative estimate of drug-likeness (QED) is 0.749. The molecule has 1 amide bonds. The van der Waals surface area contributed by atoms with Crippen LogP contribution in [0.4, 0.5) is 0 Å². The second kappa shape index (κ2) is 9.04. The minimum Gasteiger partial charge on any atom is -0.494 e. The van der Waals surface area contributed by atoms with Crippen molar-refractivity contribution in [1.82, 2.24) is 5.32 Å². The summed E-state index contributed by atoms with van der Waals surface area (Å²) in [6, 6.07) is 12.0. The second-order valence-electron chi connectivity index (χ2n) is 6.34. The Morgan fingerprint density at radius 2 is 1.77 bits per heavy atom. The molecule has 138 valence electrons. The molecule has 0 aliphatic rings. The van der Waals surface area contributed by atoms with Gasteiger partial charge in [0.2, 0.25) is 0 Å². The number of rotatable bonds is 8. The molecular formula is C21H25NO4. The summed E-state index contributed by atoms with van der Waals surface area (Å²) in [5, 5.41) is 12.0. The monoisotopic (exact) mass is 355 g/mol. The number of hydrogen-bond donors (Lipinski definition) is 2. The van der Waals surface area contributed by atoms with E-state index in [1.807, 2.05) is 32.9 Å². The SMILES string of the molecule is CCCOc1ccc([C@H](CC(=O)O)NC(=O)c2ccc(C)c(C)c2)cc1. The van der Waals surface area contributed by atoms with Gasteiger partial charge in [-0.2, -0.15) is 0 Å². The largest absolute Gasteiger partial charge is 0.494 e. The fraction of sp³-hybridized carbons (Fsp3) is 0.333. The van der Waals surface area contributed by atoms with Gasteiger partial charge in [0.15, 0.2) is 0 Å². The van der Waals surface area contributed by atoms with Crippen LogP contribution in [-0.4, -0.2) is 23.6 Å². The lowest BCUT2D eigenvalue weighted by atomic mass is 10.0. The minimum absolute atomic E-state index is 0.189. The van der Waals surface area contributed by atoms with E-state index in [4.69, 9.17) is 4.74 Å². The zero-order valence-corrected chi connectivity index (χ0v) is 15.4. The predicted molar refractivity (Wildman–Crippen MR) is 101 cm³/mol. The van der Waals surface area contributed by atoms with Crippen molar-refractivity contribution in [3.8, 4) is 5.75 Å². The topological polar surface area (TPSA) is 75.6 Å². The van der Waals surface area contributed by atoms with E-state index >= 15 is 0 Å². The van der Waals surface area contributed by atoms with Crippen molar-refractivity contribution < 1.29 is 19.4 Å². The standard InChI is InChI=1S/C21H25NO4/c1-4-11-26-18-9-7-16(8-10-18)19(13-20(23)24)22-21(25)17-6-5-14(2)15(3)12-17/h5-10,12,19H,4,11,13H2,1-3H3,(H,22,25)(H,23,24)/t19-/m0/s1. The number of nitrogens with one attached hydrogen (secondary N) is 1. The number of aryl methyl sites for hydroxylation is 2. The molecule has 0 unspecified atom stereocenters. The molecule has 26 heavy (non-hydrogen) atoms. The molecule has 2 rings (SSSR count). The smallest absolute Gasteiger partial charge is 0.305 e. The average Bonchev–Trinajstić information content (AvgIpc) is 2.61. The number of hydrogen-bond acceptors (Lipinski definition) is 3. The van der Waals surface area contributed by atoms with Gasteiger partial charge in [-0.1, -0.05) is 25.1 Å². The zero-order valence-electron chi connectivity index (χ0n) is 15.4. The molecular weight excluding hydrogens is 330 g/mol. The summed E-state index contributed by atoms with van der Waals surface area (Å²) in [4.78, 5) is 23.8. The summed E-state index contributed by atoms with van der Waals surface area (Å²) in [5.41, 5.74) is 3.37. The van der Waals surface area contributed by atoms with Crippen LogP contribution < -0.4 is 10.1 Å². The van der Waals surface area contributed by atoms with Crippen LogP contribution in [0, 0.1) is 13.8 Å². The molecule has 0 heterocycles. The Balaban J connectivity index is 2.17. The third-order valence-electron chi connectivity index (χ3n) is 4.21. The Morgan fingerprint density at radius 3 is 2.35 bits per heavy atom. The molecule has 1 atom stereocenters. The molecule has 0 aliphatic carbocycles. The average molecular weight is 355 g/mol. The Bertz CT molecular complexity index is 768. The van der Waals surface area contributed by atoms with Crippen molar-refractivity contribution in [2.24, 2.45) is 0 Å². The van der Waals surface area contributed by atoms with Gasteiger partial charge in [-0.15, -0.1) is 0 Å². The van der Waals surface area contributed by atoms with E-state index < -0.39 is 12.0 Å². The van der Waals surface area contributed by atoms with Gasteiger partial charge >= 0.3 is 5.97 Å². The molecule has 0 saturated heterocycles. The van der Waals surface area contributed by atoms with Gasteiger partial charge in [0.05, 0.1) is 19.1 Å². The van der Waals surface area contributed by atoms with Crippen molar-refractivity contribution in [3.63, 3.8) is 0 Å². The Morgan fingerprint density at radius 1 is 1.08 bits per heavy atom. The number of carbonyl (C=O) groups is 2. The van der Waals surface area contributed by atoms with E-state index in [-0.39, 0.29) is 12.3 Å². The van der Waals surface area contributed by atoms with Crippen LogP contribution in [0.25, 0.3) is 0 Å². The molecule has 0 bridgehead atoms. The number of carboxylic acids is 1. The Hall–Kier alpha value is -2.82. The highest BCUT2D eigenvalue weighted by Gasteiger charge is 2.19. The maximum Gasteiger partial charge on any atom is 0.305 e.